The van der Waals surface area contributed by atoms with Crippen LogP contribution in [0.4, 0.5) is 23.7 Å². The van der Waals surface area contributed by atoms with Gasteiger partial charge in [-0.2, -0.15) is 17.9 Å². The summed E-state index contributed by atoms with van der Waals surface area (Å²) in [5.74, 6) is -0.803. The number of hydrogen-bond donors (Lipinski definition) is 1. The Morgan fingerprint density at radius 3 is 2.58 bits per heavy atom. The van der Waals surface area contributed by atoms with Crippen LogP contribution in [-0.4, -0.2) is 32.8 Å². The van der Waals surface area contributed by atoms with Crippen molar-refractivity contribution in [1.82, 2.24) is 20.1 Å². The van der Waals surface area contributed by atoms with Gasteiger partial charge in [-0.05, 0) is 13.3 Å². The summed E-state index contributed by atoms with van der Waals surface area (Å²) < 4.78 is 44.5. The van der Waals surface area contributed by atoms with Crippen molar-refractivity contribution in [2.75, 3.05) is 7.05 Å². The molecule has 0 aliphatic heterocycles. The number of halogens is 3. The SMILES string of the molecule is CCc1c(Oc2ncc(C(F)(F)F)cc2[N+](=O)[O-])nn(C(=O)NC)c1C. The number of amides is 1. The van der Waals surface area contributed by atoms with Crippen LogP contribution in [0.1, 0.15) is 23.7 Å². The monoisotopic (exact) mass is 373 g/mol. The van der Waals surface area contributed by atoms with Crippen LogP contribution in [0, 0.1) is 17.0 Å². The van der Waals surface area contributed by atoms with Gasteiger partial charge in [-0.3, -0.25) is 10.1 Å². The van der Waals surface area contributed by atoms with E-state index in [9.17, 15) is 28.1 Å². The first kappa shape index (κ1) is 19.1. The lowest BCUT2D eigenvalue weighted by atomic mass is 10.2. The molecule has 1 N–H and O–H groups in total. The number of ether oxygens (including phenoxy) is 1. The molecule has 0 saturated heterocycles. The standard InChI is InChI=1S/C14H14F3N5O4/c1-4-9-7(2)21(13(23)18-3)20-11(9)26-12-10(22(24)25)5-8(6-19-12)14(15,16)17/h5-6H,4H2,1-3H3,(H,18,23). The third-order valence-corrected chi connectivity index (χ3v) is 3.51. The van der Waals surface area contributed by atoms with Crippen LogP contribution in [0.15, 0.2) is 12.3 Å². The van der Waals surface area contributed by atoms with E-state index >= 15 is 0 Å². The molecule has 0 atom stereocenters. The third kappa shape index (κ3) is 3.58. The largest absolute Gasteiger partial charge is 0.418 e. The molecule has 0 saturated carbocycles. The average Bonchev–Trinajstić information content (AvgIpc) is 2.88. The summed E-state index contributed by atoms with van der Waals surface area (Å²) in [6, 6.07) is -0.238. The van der Waals surface area contributed by atoms with Crippen LogP contribution in [0.5, 0.6) is 11.8 Å². The highest BCUT2D eigenvalue weighted by atomic mass is 19.4. The molecule has 2 aromatic rings. The molecule has 0 aliphatic carbocycles. The van der Waals surface area contributed by atoms with Gasteiger partial charge >= 0.3 is 23.8 Å². The smallest absolute Gasteiger partial charge is 0.413 e. The Labute approximate surface area is 144 Å². The van der Waals surface area contributed by atoms with Crippen molar-refractivity contribution in [1.29, 1.82) is 0 Å². The number of nitro groups is 1. The normalized spacial score (nSPS) is 11.3. The topological polar surface area (TPSA) is 112 Å². The molecule has 2 heterocycles. The van der Waals surface area contributed by atoms with Crippen molar-refractivity contribution in [2.45, 2.75) is 26.4 Å². The average molecular weight is 373 g/mol. The van der Waals surface area contributed by atoms with Gasteiger partial charge in [-0.1, -0.05) is 6.92 Å². The van der Waals surface area contributed by atoms with Crippen LogP contribution in [0.3, 0.4) is 0 Å². The highest BCUT2D eigenvalue weighted by Gasteiger charge is 2.34. The Morgan fingerprint density at radius 2 is 2.08 bits per heavy atom. The highest BCUT2D eigenvalue weighted by Crippen LogP contribution is 2.36. The Hall–Kier alpha value is -3.18. The molecule has 0 aromatic carbocycles. The second kappa shape index (κ2) is 6.98. The van der Waals surface area contributed by atoms with E-state index in [1.807, 2.05) is 0 Å². The lowest BCUT2D eigenvalue weighted by molar-refractivity contribution is -0.386. The zero-order chi connectivity index (χ0) is 19.6. The van der Waals surface area contributed by atoms with Crippen molar-refractivity contribution in [3.63, 3.8) is 0 Å². The van der Waals surface area contributed by atoms with Gasteiger partial charge in [0.1, 0.15) is 0 Å². The van der Waals surface area contributed by atoms with Crippen LogP contribution in [0.2, 0.25) is 0 Å². The van der Waals surface area contributed by atoms with Gasteiger partial charge in [0.05, 0.1) is 16.2 Å². The molecule has 140 valence electrons. The zero-order valence-corrected chi connectivity index (χ0v) is 13.9. The van der Waals surface area contributed by atoms with Gasteiger partial charge in [-0.15, -0.1) is 5.10 Å². The third-order valence-electron chi connectivity index (χ3n) is 3.51. The molecule has 2 rings (SSSR count). The fraction of sp³-hybridized carbons (Fsp3) is 0.357. The number of nitrogens with zero attached hydrogens (tertiary/aromatic N) is 4. The van der Waals surface area contributed by atoms with E-state index in [4.69, 9.17) is 4.74 Å². The number of nitrogens with one attached hydrogen (secondary N) is 1. The van der Waals surface area contributed by atoms with Crippen LogP contribution >= 0.6 is 0 Å². The van der Waals surface area contributed by atoms with Gasteiger partial charge in [0, 0.05) is 24.9 Å². The number of carbonyl (C=O) groups is 1. The Balaban J connectivity index is 2.52. The first-order valence-corrected chi connectivity index (χ1v) is 7.30. The summed E-state index contributed by atoms with van der Waals surface area (Å²) in [5, 5.41) is 17.4. The molecule has 12 heteroatoms. The maximum atomic E-state index is 12.7. The number of pyridine rings is 1. The molecule has 0 bridgehead atoms. The molecule has 26 heavy (non-hydrogen) atoms. The van der Waals surface area contributed by atoms with E-state index in [1.54, 1.807) is 13.8 Å². The van der Waals surface area contributed by atoms with E-state index in [1.165, 1.54) is 7.05 Å². The summed E-state index contributed by atoms with van der Waals surface area (Å²) in [6.07, 6.45) is -3.99. The van der Waals surface area contributed by atoms with Crippen molar-refractivity contribution in [3.8, 4) is 11.8 Å². The van der Waals surface area contributed by atoms with E-state index in [0.29, 0.717) is 29.9 Å². The van der Waals surface area contributed by atoms with Crippen LogP contribution in [0.25, 0.3) is 0 Å². The molecule has 0 fully saturated rings. The second-order valence-electron chi connectivity index (χ2n) is 5.09. The summed E-state index contributed by atoms with van der Waals surface area (Å²) in [4.78, 5) is 25.3. The molecular formula is C14H14F3N5O4. The van der Waals surface area contributed by atoms with Crippen molar-refractivity contribution >= 4 is 11.7 Å². The van der Waals surface area contributed by atoms with E-state index in [0.717, 1.165) is 4.68 Å². The number of aromatic nitrogens is 3. The summed E-state index contributed by atoms with van der Waals surface area (Å²) >= 11 is 0. The Kier molecular flexibility index (Phi) is 5.14. The van der Waals surface area contributed by atoms with E-state index < -0.39 is 34.3 Å². The summed E-state index contributed by atoms with van der Waals surface area (Å²) in [7, 11) is 1.39. The highest BCUT2D eigenvalue weighted by molar-refractivity contribution is 5.76. The Bertz CT molecular complexity index is 863. The zero-order valence-electron chi connectivity index (χ0n) is 13.9. The number of alkyl halides is 3. The van der Waals surface area contributed by atoms with E-state index in [2.05, 4.69) is 15.4 Å². The lowest BCUT2D eigenvalue weighted by Crippen LogP contribution is -2.26. The van der Waals surface area contributed by atoms with E-state index in [-0.39, 0.29) is 5.88 Å². The first-order chi connectivity index (χ1) is 12.1. The minimum atomic E-state index is -4.79. The fourth-order valence-corrected chi connectivity index (χ4v) is 2.20. The quantitative estimate of drug-likeness (QED) is 0.651. The van der Waals surface area contributed by atoms with Crippen molar-refractivity contribution in [2.24, 2.45) is 0 Å². The van der Waals surface area contributed by atoms with Gasteiger partial charge < -0.3 is 10.1 Å². The second-order valence-corrected chi connectivity index (χ2v) is 5.09. The molecule has 0 unspecified atom stereocenters. The maximum absolute atomic E-state index is 12.7. The molecule has 2 aromatic heterocycles. The van der Waals surface area contributed by atoms with Gasteiger partial charge in [0.25, 0.3) is 0 Å². The predicted octanol–water partition coefficient (Wildman–Crippen LogP) is 3.06. The molecule has 1 amide bonds. The minimum Gasteiger partial charge on any atom is -0.413 e. The van der Waals surface area contributed by atoms with Gasteiger partial charge in [0.15, 0.2) is 0 Å². The fourth-order valence-electron chi connectivity index (χ4n) is 2.20. The minimum absolute atomic E-state index is 0.149. The summed E-state index contributed by atoms with van der Waals surface area (Å²) in [6.45, 7) is 3.32. The summed E-state index contributed by atoms with van der Waals surface area (Å²) in [5.41, 5.74) is -1.35. The first-order valence-electron chi connectivity index (χ1n) is 7.30. The molecule has 0 spiro atoms. The van der Waals surface area contributed by atoms with Crippen LogP contribution in [-0.2, 0) is 12.6 Å². The van der Waals surface area contributed by atoms with Crippen molar-refractivity contribution in [3.05, 3.63) is 39.2 Å². The van der Waals surface area contributed by atoms with Gasteiger partial charge in [0.2, 0.25) is 5.88 Å². The Morgan fingerprint density at radius 1 is 1.42 bits per heavy atom. The number of carbonyl (C=O) groups excluding carboxylic acids is 1. The molecule has 0 aliphatic rings. The van der Waals surface area contributed by atoms with Crippen molar-refractivity contribution < 1.29 is 27.6 Å². The predicted molar refractivity (Wildman–Crippen MR) is 82.2 cm³/mol. The molecule has 0 radical (unpaired) electrons. The molecule has 9 nitrogen and oxygen atoms in total. The molecular weight excluding hydrogens is 359 g/mol. The van der Waals surface area contributed by atoms with Crippen LogP contribution < -0.4 is 10.1 Å². The maximum Gasteiger partial charge on any atom is 0.418 e. The number of hydrogen-bond acceptors (Lipinski definition) is 6. The number of rotatable bonds is 4. The lowest BCUT2D eigenvalue weighted by Gasteiger charge is -2.08. The van der Waals surface area contributed by atoms with Gasteiger partial charge in [-0.25, -0.2) is 9.78 Å².